The number of benzene rings is 1. The van der Waals surface area contributed by atoms with Crippen molar-refractivity contribution in [2.75, 3.05) is 7.11 Å². The number of rotatable bonds is 2. The van der Waals surface area contributed by atoms with Crippen LogP contribution in [0, 0.1) is 11.6 Å². The summed E-state index contributed by atoms with van der Waals surface area (Å²) in [6, 6.07) is 2.19. The van der Waals surface area contributed by atoms with E-state index in [9.17, 15) is 22.3 Å². The van der Waals surface area contributed by atoms with Crippen molar-refractivity contribution in [3.05, 3.63) is 29.3 Å². The molecule has 2 aliphatic rings. The van der Waals surface area contributed by atoms with Crippen LogP contribution in [0.2, 0.25) is 0 Å². The van der Waals surface area contributed by atoms with Crippen molar-refractivity contribution in [3.63, 3.8) is 0 Å². The molecule has 7 heteroatoms. The van der Waals surface area contributed by atoms with E-state index >= 15 is 0 Å². The Morgan fingerprint density at radius 2 is 1.82 bits per heavy atom. The van der Waals surface area contributed by atoms with Gasteiger partial charge < -0.3 is 9.84 Å². The van der Waals surface area contributed by atoms with Crippen molar-refractivity contribution in [1.82, 2.24) is 0 Å². The summed E-state index contributed by atoms with van der Waals surface area (Å²) in [7, 11) is -2.02. The molecule has 0 saturated carbocycles. The summed E-state index contributed by atoms with van der Waals surface area (Å²) in [4.78, 5) is 0. The second-order valence-electron chi connectivity index (χ2n) is 6.18. The molecule has 2 fully saturated rings. The van der Waals surface area contributed by atoms with E-state index < -0.39 is 37.6 Å². The Labute approximate surface area is 128 Å². The standard InChI is InChI=1S/C15H18F2O4S/c1-21-13-6-9(5-12(16)14(13)17)15(18)7-10-3-2-4-11(8-15)22(10,19)20/h5-6,10-11,18H,2-4,7-8H2,1H3. The molecule has 2 unspecified atom stereocenters. The van der Waals surface area contributed by atoms with Gasteiger partial charge in [0.15, 0.2) is 21.4 Å². The molecule has 122 valence electrons. The third-order valence-electron chi connectivity index (χ3n) is 4.86. The first kappa shape index (κ1) is 15.7. The number of fused-ring (bicyclic) bond motifs is 2. The second-order valence-corrected chi connectivity index (χ2v) is 8.69. The maximum atomic E-state index is 13.7. The molecule has 3 rings (SSSR count). The van der Waals surface area contributed by atoms with Crippen LogP contribution in [0.5, 0.6) is 5.75 Å². The molecule has 1 aromatic rings. The fourth-order valence-corrected chi connectivity index (χ4v) is 6.21. The fourth-order valence-electron chi connectivity index (χ4n) is 3.66. The zero-order chi connectivity index (χ0) is 16.1. The minimum atomic E-state index is -3.24. The van der Waals surface area contributed by atoms with E-state index in [-0.39, 0.29) is 24.2 Å². The Morgan fingerprint density at radius 1 is 1.23 bits per heavy atom. The van der Waals surface area contributed by atoms with E-state index in [1.807, 2.05) is 0 Å². The number of halogens is 2. The zero-order valence-electron chi connectivity index (χ0n) is 12.2. The van der Waals surface area contributed by atoms with E-state index in [0.717, 1.165) is 12.5 Å². The summed E-state index contributed by atoms with van der Waals surface area (Å²) >= 11 is 0. The molecule has 0 radical (unpaired) electrons. The molecule has 2 bridgehead atoms. The largest absolute Gasteiger partial charge is 0.494 e. The highest BCUT2D eigenvalue weighted by molar-refractivity contribution is 7.92. The number of aliphatic hydroxyl groups is 1. The van der Waals surface area contributed by atoms with Crippen molar-refractivity contribution in [2.24, 2.45) is 0 Å². The van der Waals surface area contributed by atoms with Crippen LogP contribution < -0.4 is 4.74 Å². The Morgan fingerprint density at radius 3 is 2.36 bits per heavy atom. The van der Waals surface area contributed by atoms with Gasteiger partial charge in [-0.1, -0.05) is 6.42 Å². The van der Waals surface area contributed by atoms with E-state index in [4.69, 9.17) is 4.74 Å². The first-order chi connectivity index (χ1) is 10.3. The summed E-state index contributed by atoms with van der Waals surface area (Å²) < 4.78 is 56.6. The highest BCUT2D eigenvalue weighted by atomic mass is 32.2. The van der Waals surface area contributed by atoms with Crippen LogP contribution in [0.15, 0.2) is 12.1 Å². The maximum Gasteiger partial charge on any atom is 0.200 e. The lowest BCUT2D eigenvalue weighted by atomic mass is 9.80. The first-order valence-electron chi connectivity index (χ1n) is 7.26. The smallest absolute Gasteiger partial charge is 0.200 e. The lowest BCUT2D eigenvalue weighted by Gasteiger charge is -2.44. The minimum absolute atomic E-state index is 0.0139. The Balaban J connectivity index is 2.03. The van der Waals surface area contributed by atoms with Crippen LogP contribution in [0.3, 0.4) is 0 Å². The SMILES string of the molecule is COc1cc(C2(O)CC3CCCC(C2)S3(=O)=O)cc(F)c1F. The Hall–Kier alpha value is -1.21. The summed E-state index contributed by atoms with van der Waals surface area (Å²) in [6.07, 6.45) is 1.84. The summed E-state index contributed by atoms with van der Waals surface area (Å²) in [5.41, 5.74) is -1.29. The number of methoxy groups -OCH3 is 1. The number of sulfone groups is 1. The molecule has 2 aliphatic heterocycles. The van der Waals surface area contributed by atoms with Gasteiger partial charge in [-0.05, 0) is 43.4 Å². The molecule has 22 heavy (non-hydrogen) atoms. The molecule has 2 heterocycles. The highest BCUT2D eigenvalue weighted by Gasteiger charge is 2.51. The van der Waals surface area contributed by atoms with Crippen molar-refractivity contribution in [3.8, 4) is 5.75 Å². The molecule has 4 nitrogen and oxygen atoms in total. The fraction of sp³-hybridized carbons (Fsp3) is 0.600. The lowest BCUT2D eigenvalue weighted by Crippen LogP contribution is -2.50. The van der Waals surface area contributed by atoms with Gasteiger partial charge in [-0.15, -0.1) is 0 Å². The second kappa shape index (κ2) is 5.16. The third-order valence-corrected chi connectivity index (χ3v) is 7.53. The third kappa shape index (κ3) is 2.31. The van der Waals surface area contributed by atoms with Gasteiger partial charge in [0.05, 0.1) is 23.2 Å². The number of hydrogen-bond acceptors (Lipinski definition) is 4. The molecule has 0 spiro atoms. The summed E-state index contributed by atoms with van der Waals surface area (Å²) in [6.45, 7) is 0. The van der Waals surface area contributed by atoms with Gasteiger partial charge >= 0.3 is 0 Å². The first-order valence-corrected chi connectivity index (χ1v) is 8.87. The van der Waals surface area contributed by atoms with E-state index in [1.54, 1.807) is 0 Å². The topological polar surface area (TPSA) is 63.6 Å². The van der Waals surface area contributed by atoms with E-state index in [1.165, 1.54) is 13.2 Å². The van der Waals surface area contributed by atoms with Crippen LogP contribution in [-0.2, 0) is 15.4 Å². The van der Waals surface area contributed by atoms with Gasteiger partial charge in [0.1, 0.15) is 0 Å². The Kier molecular flexibility index (Phi) is 3.68. The summed E-state index contributed by atoms with van der Waals surface area (Å²) in [5, 5.41) is 9.66. The van der Waals surface area contributed by atoms with Gasteiger partial charge in [-0.25, -0.2) is 12.8 Å². The highest BCUT2D eigenvalue weighted by Crippen LogP contribution is 2.46. The van der Waals surface area contributed by atoms with Crippen molar-refractivity contribution >= 4 is 9.84 Å². The van der Waals surface area contributed by atoms with Crippen LogP contribution in [-0.4, -0.2) is 31.1 Å². The average Bonchev–Trinajstić information content (AvgIpc) is 2.43. The molecule has 1 aromatic carbocycles. The van der Waals surface area contributed by atoms with Crippen molar-refractivity contribution in [1.29, 1.82) is 0 Å². The quantitative estimate of drug-likeness (QED) is 0.902. The molecule has 1 N–H and O–H groups in total. The van der Waals surface area contributed by atoms with Gasteiger partial charge in [0.25, 0.3) is 0 Å². The molecular weight excluding hydrogens is 314 g/mol. The average molecular weight is 332 g/mol. The van der Waals surface area contributed by atoms with Gasteiger partial charge in [0, 0.05) is 0 Å². The summed E-state index contributed by atoms with van der Waals surface area (Å²) in [5.74, 6) is -2.51. The predicted molar refractivity (Wildman–Crippen MR) is 76.4 cm³/mol. The zero-order valence-corrected chi connectivity index (χ0v) is 13.0. The lowest BCUT2D eigenvalue weighted by molar-refractivity contribution is 0.00444. The number of hydrogen-bond donors (Lipinski definition) is 1. The molecule has 2 atom stereocenters. The Bertz CT molecular complexity index is 682. The monoisotopic (exact) mass is 332 g/mol. The van der Waals surface area contributed by atoms with Crippen LogP contribution in [0.1, 0.15) is 37.7 Å². The van der Waals surface area contributed by atoms with Gasteiger partial charge in [-0.3, -0.25) is 0 Å². The normalized spacial score (nSPS) is 33.5. The van der Waals surface area contributed by atoms with Crippen LogP contribution in [0.4, 0.5) is 8.78 Å². The minimum Gasteiger partial charge on any atom is -0.494 e. The molecule has 0 aromatic heterocycles. The number of ether oxygens (including phenoxy) is 1. The van der Waals surface area contributed by atoms with E-state index in [0.29, 0.717) is 12.8 Å². The van der Waals surface area contributed by atoms with Crippen molar-refractivity contribution in [2.45, 2.75) is 48.2 Å². The molecule has 0 aliphatic carbocycles. The predicted octanol–water partition coefficient (Wildman–Crippen LogP) is 2.29. The van der Waals surface area contributed by atoms with Crippen molar-refractivity contribution < 1.29 is 27.0 Å². The van der Waals surface area contributed by atoms with Crippen LogP contribution in [0.25, 0.3) is 0 Å². The van der Waals surface area contributed by atoms with E-state index in [2.05, 4.69) is 0 Å². The van der Waals surface area contributed by atoms with Gasteiger partial charge in [0.2, 0.25) is 5.82 Å². The maximum absolute atomic E-state index is 13.7. The molecular formula is C15H18F2O4S. The van der Waals surface area contributed by atoms with Crippen LogP contribution >= 0.6 is 0 Å². The molecule has 0 amide bonds. The van der Waals surface area contributed by atoms with Gasteiger partial charge in [-0.2, -0.15) is 4.39 Å². The molecule has 2 saturated heterocycles.